The van der Waals surface area contributed by atoms with Gasteiger partial charge in [0.05, 0.1) is 0 Å². The fraction of sp³-hybridized carbons (Fsp3) is 0.462. The van der Waals surface area contributed by atoms with Gasteiger partial charge in [-0.2, -0.15) is 13.2 Å². The van der Waals surface area contributed by atoms with Crippen molar-refractivity contribution in [2.24, 2.45) is 0 Å². The molecule has 1 amide bonds. The number of nitrogens with one attached hydrogen (secondary N) is 1. The highest BCUT2D eigenvalue weighted by atomic mass is 19.4. The van der Waals surface area contributed by atoms with Gasteiger partial charge >= 0.3 is 6.18 Å². The fourth-order valence-corrected chi connectivity index (χ4v) is 1.68. The van der Waals surface area contributed by atoms with Crippen LogP contribution in [0.2, 0.25) is 0 Å². The predicted octanol–water partition coefficient (Wildman–Crippen LogP) is 2.00. The van der Waals surface area contributed by atoms with Crippen molar-refractivity contribution < 1.29 is 32.2 Å². The third-order valence-electron chi connectivity index (χ3n) is 2.77. The van der Waals surface area contributed by atoms with Crippen LogP contribution in [0, 0.1) is 0 Å². The summed E-state index contributed by atoms with van der Waals surface area (Å²) in [4.78, 5) is 11.6. The van der Waals surface area contributed by atoms with E-state index in [0.717, 1.165) is 5.56 Å². The number of hydrogen-bond acceptors (Lipinski definition) is 4. The van der Waals surface area contributed by atoms with Gasteiger partial charge in [-0.15, -0.1) is 0 Å². The van der Waals surface area contributed by atoms with Crippen molar-refractivity contribution in [3.63, 3.8) is 0 Å². The van der Waals surface area contributed by atoms with E-state index in [4.69, 9.17) is 9.47 Å². The van der Waals surface area contributed by atoms with Gasteiger partial charge in [-0.05, 0) is 24.6 Å². The second-order valence-corrected chi connectivity index (χ2v) is 4.47. The van der Waals surface area contributed by atoms with Gasteiger partial charge in [0.15, 0.2) is 11.5 Å². The number of ether oxygens (including phenoxy) is 3. The minimum Gasteiger partial charge on any atom is -0.454 e. The first-order valence-corrected chi connectivity index (χ1v) is 6.20. The molecule has 1 unspecified atom stereocenters. The summed E-state index contributed by atoms with van der Waals surface area (Å²) in [5, 5.41) is 2.50. The van der Waals surface area contributed by atoms with Gasteiger partial charge in [0.1, 0.15) is 12.7 Å². The van der Waals surface area contributed by atoms with E-state index >= 15 is 0 Å². The standard InChI is InChI=1S/C13H14F3NO4/c1-8(19-6-13(14,15)16)12(18)17-5-9-2-3-10-11(4-9)21-7-20-10/h2-4,8H,5-7H2,1H3,(H,17,18). The van der Waals surface area contributed by atoms with E-state index in [1.807, 2.05) is 0 Å². The van der Waals surface area contributed by atoms with Crippen molar-refractivity contribution in [3.05, 3.63) is 23.8 Å². The number of hydrogen-bond donors (Lipinski definition) is 1. The molecule has 2 rings (SSSR count). The molecular formula is C13H14F3NO4. The SMILES string of the molecule is CC(OCC(F)(F)F)C(=O)NCc1ccc2c(c1)OCO2. The molecule has 0 bridgehead atoms. The Bertz CT molecular complexity index is 519. The van der Waals surface area contributed by atoms with Gasteiger partial charge in [0.25, 0.3) is 0 Å². The summed E-state index contributed by atoms with van der Waals surface area (Å²) in [7, 11) is 0. The Morgan fingerprint density at radius 3 is 2.81 bits per heavy atom. The van der Waals surface area contributed by atoms with Gasteiger partial charge in [0.2, 0.25) is 12.7 Å². The molecule has 5 nitrogen and oxygen atoms in total. The fourth-order valence-electron chi connectivity index (χ4n) is 1.68. The van der Waals surface area contributed by atoms with Gasteiger partial charge in [-0.3, -0.25) is 4.79 Å². The first kappa shape index (κ1) is 15.4. The molecule has 0 saturated carbocycles. The Morgan fingerprint density at radius 1 is 1.38 bits per heavy atom. The lowest BCUT2D eigenvalue weighted by Gasteiger charge is -2.14. The van der Waals surface area contributed by atoms with Crippen LogP contribution in [-0.2, 0) is 16.1 Å². The third-order valence-corrected chi connectivity index (χ3v) is 2.77. The van der Waals surface area contributed by atoms with Gasteiger partial charge in [-0.25, -0.2) is 0 Å². The molecule has 1 N–H and O–H groups in total. The predicted molar refractivity (Wildman–Crippen MR) is 65.9 cm³/mol. The highest BCUT2D eigenvalue weighted by molar-refractivity contribution is 5.80. The highest BCUT2D eigenvalue weighted by Crippen LogP contribution is 2.32. The number of carbonyl (C=O) groups excluding carboxylic acids is 1. The Kier molecular flexibility index (Phi) is 4.56. The number of alkyl halides is 3. The maximum absolute atomic E-state index is 12.0. The Hall–Kier alpha value is -1.96. The molecule has 1 heterocycles. The first-order valence-electron chi connectivity index (χ1n) is 6.20. The summed E-state index contributed by atoms with van der Waals surface area (Å²) in [6.07, 6.45) is -5.63. The number of benzene rings is 1. The molecule has 0 radical (unpaired) electrons. The highest BCUT2D eigenvalue weighted by Gasteiger charge is 2.29. The molecule has 8 heteroatoms. The van der Waals surface area contributed by atoms with E-state index in [-0.39, 0.29) is 13.3 Å². The molecule has 0 saturated heterocycles. The average molecular weight is 305 g/mol. The minimum atomic E-state index is -4.45. The van der Waals surface area contributed by atoms with Crippen molar-refractivity contribution in [2.45, 2.75) is 25.7 Å². The van der Waals surface area contributed by atoms with Crippen LogP contribution in [0.1, 0.15) is 12.5 Å². The molecule has 0 spiro atoms. The van der Waals surface area contributed by atoms with E-state index < -0.39 is 24.8 Å². The number of amides is 1. The summed E-state index contributed by atoms with van der Waals surface area (Å²) >= 11 is 0. The van der Waals surface area contributed by atoms with E-state index in [1.54, 1.807) is 18.2 Å². The molecule has 0 aromatic heterocycles. The number of fused-ring (bicyclic) bond motifs is 1. The lowest BCUT2D eigenvalue weighted by molar-refractivity contribution is -0.185. The molecule has 1 aliphatic rings. The monoisotopic (exact) mass is 305 g/mol. The van der Waals surface area contributed by atoms with Crippen LogP contribution < -0.4 is 14.8 Å². The zero-order valence-corrected chi connectivity index (χ0v) is 11.2. The topological polar surface area (TPSA) is 56.8 Å². The van der Waals surface area contributed by atoms with E-state index in [1.165, 1.54) is 6.92 Å². The smallest absolute Gasteiger partial charge is 0.411 e. The van der Waals surface area contributed by atoms with Crippen molar-refractivity contribution in [1.82, 2.24) is 5.32 Å². The van der Waals surface area contributed by atoms with Crippen LogP contribution in [-0.4, -0.2) is 31.6 Å². The third kappa shape index (κ3) is 4.52. The molecule has 1 aliphatic heterocycles. The van der Waals surface area contributed by atoms with Crippen LogP contribution in [0.5, 0.6) is 11.5 Å². The van der Waals surface area contributed by atoms with Crippen LogP contribution in [0.4, 0.5) is 13.2 Å². The van der Waals surface area contributed by atoms with Crippen molar-refractivity contribution in [1.29, 1.82) is 0 Å². The summed E-state index contributed by atoms with van der Waals surface area (Å²) in [6.45, 7) is 0.120. The number of halogens is 3. The molecule has 0 aliphatic carbocycles. The quantitative estimate of drug-likeness (QED) is 0.904. The first-order chi connectivity index (χ1) is 9.85. The number of carbonyl (C=O) groups is 1. The lowest BCUT2D eigenvalue weighted by atomic mass is 10.2. The van der Waals surface area contributed by atoms with Gasteiger partial charge in [0, 0.05) is 6.54 Å². The lowest BCUT2D eigenvalue weighted by Crippen LogP contribution is -2.36. The van der Waals surface area contributed by atoms with E-state index in [9.17, 15) is 18.0 Å². The Balaban J connectivity index is 1.81. The largest absolute Gasteiger partial charge is 0.454 e. The van der Waals surface area contributed by atoms with Crippen LogP contribution in [0.25, 0.3) is 0 Å². The maximum Gasteiger partial charge on any atom is 0.411 e. The molecule has 1 aromatic carbocycles. The van der Waals surface area contributed by atoms with Crippen LogP contribution in [0.15, 0.2) is 18.2 Å². The summed E-state index contributed by atoms with van der Waals surface area (Å²) in [6, 6.07) is 5.13. The molecule has 1 atom stereocenters. The van der Waals surface area contributed by atoms with Crippen molar-refractivity contribution in [3.8, 4) is 11.5 Å². The Morgan fingerprint density at radius 2 is 2.10 bits per heavy atom. The Labute approximate surface area is 119 Å². The molecule has 0 fully saturated rings. The molecular weight excluding hydrogens is 291 g/mol. The average Bonchev–Trinajstić information content (AvgIpc) is 2.88. The summed E-state index contributed by atoms with van der Waals surface area (Å²) < 4.78 is 50.7. The maximum atomic E-state index is 12.0. The second-order valence-electron chi connectivity index (χ2n) is 4.47. The summed E-state index contributed by atoms with van der Waals surface area (Å²) in [5.74, 6) is 0.576. The zero-order valence-electron chi connectivity index (χ0n) is 11.2. The van der Waals surface area contributed by atoms with Crippen molar-refractivity contribution in [2.75, 3.05) is 13.4 Å². The molecule has 21 heavy (non-hydrogen) atoms. The van der Waals surface area contributed by atoms with Gasteiger partial charge in [-0.1, -0.05) is 6.07 Å². The van der Waals surface area contributed by atoms with E-state index in [2.05, 4.69) is 10.1 Å². The molecule has 1 aromatic rings. The number of rotatable bonds is 5. The van der Waals surface area contributed by atoms with Crippen LogP contribution in [0.3, 0.4) is 0 Å². The minimum absolute atomic E-state index is 0.146. The van der Waals surface area contributed by atoms with Gasteiger partial charge < -0.3 is 19.5 Å². The normalized spacial score (nSPS) is 14.9. The molecule has 116 valence electrons. The summed E-state index contributed by atoms with van der Waals surface area (Å²) in [5.41, 5.74) is 0.746. The second kappa shape index (κ2) is 6.21. The van der Waals surface area contributed by atoms with Crippen LogP contribution >= 0.6 is 0 Å². The van der Waals surface area contributed by atoms with E-state index in [0.29, 0.717) is 11.5 Å². The van der Waals surface area contributed by atoms with Crippen molar-refractivity contribution >= 4 is 5.91 Å². The zero-order chi connectivity index (χ0) is 15.5.